The van der Waals surface area contributed by atoms with Crippen molar-refractivity contribution in [1.82, 2.24) is 0 Å². The largest absolute Gasteiger partial charge is 0.467 e. The van der Waals surface area contributed by atoms with Gasteiger partial charge in [-0.05, 0) is 25.0 Å². The molecule has 2 aromatic carbocycles. The second-order valence-corrected chi connectivity index (χ2v) is 9.13. The number of Topliss-reactive ketones (excluding diaryl/α,β-unsaturated/α-hetero) is 1. The fourth-order valence-electron chi connectivity index (χ4n) is 3.87. The Kier molecular flexibility index (Phi) is 7.65. The summed E-state index contributed by atoms with van der Waals surface area (Å²) >= 11 is 1.30. The van der Waals surface area contributed by atoms with Gasteiger partial charge in [0.25, 0.3) is 0 Å². The molecule has 2 aromatic rings. The van der Waals surface area contributed by atoms with E-state index < -0.39 is 29.9 Å². The van der Waals surface area contributed by atoms with Crippen LogP contribution in [0.15, 0.2) is 71.3 Å². The van der Waals surface area contributed by atoms with Crippen LogP contribution in [-0.4, -0.2) is 47.3 Å². The van der Waals surface area contributed by atoms with Gasteiger partial charge in [0.1, 0.15) is 29.3 Å². The van der Waals surface area contributed by atoms with Gasteiger partial charge >= 0.3 is 0 Å². The highest BCUT2D eigenvalue weighted by Gasteiger charge is 2.50. The molecule has 0 aliphatic carbocycles. The number of hydrogen-bond acceptors (Lipinski definition) is 7. The number of allylic oxidation sites excluding steroid dienone is 2. The van der Waals surface area contributed by atoms with Gasteiger partial charge in [-0.2, -0.15) is 0 Å². The first-order chi connectivity index (χ1) is 15.5. The maximum Gasteiger partial charge on any atom is 0.214 e. The predicted molar refractivity (Wildman–Crippen MR) is 122 cm³/mol. The van der Waals surface area contributed by atoms with E-state index in [9.17, 15) is 9.90 Å². The van der Waals surface area contributed by atoms with Crippen LogP contribution in [0.3, 0.4) is 0 Å². The van der Waals surface area contributed by atoms with Gasteiger partial charge in [-0.15, -0.1) is 11.8 Å². The van der Waals surface area contributed by atoms with Gasteiger partial charge in [0.05, 0.1) is 24.7 Å². The van der Waals surface area contributed by atoms with Gasteiger partial charge in [0.15, 0.2) is 5.78 Å². The number of aliphatic hydroxyl groups excluding tert-OH is 1. The molecule has 4 rings (SSSR count). The molecular weight excluding hydrogens is 428 g/mol. The molecule has 1 fully saturated rings. The summed E-state index contributed by atoms with van der Waals surface area (Å²) in [5, 5.41) is 10.8. The fraction of sp³-hybridized carbons (Fsp3) is 0.400. The fourth-order valence-corrected chi connectivity index (χ4v) is 5.04. The normalized spacial score (nSPS) is 27.5. The van der Waals surface area contributed by atoms with Crippen molar-refractivity contribution >= 4 is 17.5 Å². The van der Waals surface area contributed by atoms with Crippen LogP contribution in [0.1, 0.15) is 25.0 Å². The predicted octanol–water partition coefficient (Wildman–Crippen LogP) is 3.83. The molecule has 2 aliphatic heterocycles. The molecule has 32 heavy (non-hydrogen) atoms. The lowest BCUT2D eigenvalue weighted by Crippen LogP contribution is -2.59. The zero-order chi connectivity index (χ0) is 22.5. The number of ketones is 1. The third kappa shape index (κ3) is 5.42. The number of ether oxygens (including phenoxy) is 4. The number of aliphatic hydroxyl groups is 1. The first-order valence-corrected chi connectivity index (χ1v) is 11.6. The van der Waals surface area contributed by atoms with E-state index in [1.54, 1.807) is 6.92 Å². The van der Waals surface area contributed by atoms with E-state index in [2.05, 4.69) is 0 Å². The second kappa shape index (κ2) is 10.6. The minimum absolute atomic E-state index is 0.0896. The van der Waals surface area contributed by atoms with Crippen molar-refractivity contribution in [2.75, 3.05) is 6.61 Å². The van der Waals surface area contributed by atoms with Gasteiger partial charge in [-0.25, -0.2) is 0 Å². The summed E-state index contributed by atoms with van der Waals surface area (Å²) in [6, 6.07) is 19.7. The molecule has 1 N–H and O–H groups in total. The van der Waals surface area contributed by atoms with Crippen LogP contribution in [0.5, 0.6) is 0 Å². The van der Waals surface area contributed by atoms with Crippen LogP contribution in [-0.2, 0) is 37.0 Å². The standard InChI is InChI=1S/C25H28O6S/c1-16(26)23-17(2)30-25-24(32-23)21(27)22(29-14-19-11-7-4-8-12-19)20(31-25)15-28-13-18-9-5-3-6-10-18/h3-12,20-22,24-25,27H,13-15H2,1-2H3/t20-,21+,22-,24+,25-/m1/s1. The second-order valence-electron chi connectivity index (χ2n) is 7.94. The van der Waals surface area contributed by atoms with Gasteiger partial charge in [0.2, 0.25) is 6.29 Å². The Bertz CT molecular complexity index is 932. The topological polar surface area (TPSA) is 74.2 Å². The molecule has 1 saturated heterocycles. The number of benzene rings is 2. The molecular formula is C25H28O6S. The van der Waals surface area contributed by atoms with Crippen molar-refractivity contribution in [2.45, 2.75) is 56.9 Å². The first kappa shape index (κ1) is 23.0. The van der Waals surface area contributed by atoms with Crippen LogP contribution in [0, 0.1) is 0 Å². The molecule has 6 nitrogen and oxygen atoms in total. The lowest BCUT2D eigenvalue weighted by atomic mass is 10.0. The van der Waals surface area contributed by atoms with E-state index in [0.717, 1.165) is 11.1 Å². The first-order valence-electron chi connectivity index (χ1n) is 10.7. The number of rotatable bonds is 8. The Morgan fingerprint density at radius 2 is 1.66 bits per heavy atom. The number of thioether (sulfide) groups is 1. The van der Waals surface area contributed by atoms with Crippen LogP contribution in [0.4, 0.5) is 0 Å². The zero-order valence-electron chi connectivity index (χ0n) is 18.2. The molecule has 0 radical (unpaired) electrons. The minimum atomic E-state index is -0.893. The smallest absolute Gasteiger partial charge is 0.214 e. The molecule has 0 amide bonds. The Morgan fingerprint density at radius 3 is 2.28 bits per heavy atom. The van der Waals surface area contributed by atoms with Gasteiger partial charge in [-0.1, -0.05) is 60.7 Å². The maximum atomic E-state index is 12.0. The van der Waals surface area contributed by atoms with Crippen LogP contribution in [0.25, 0.3) is 0 Å². The number of carbonyl (C=O) groups excluding carboxylic acids is 1. The van der Waals surface area contributed by atoms with Crippen LogP contribution in [0.2, 0.25) is 0 Å². The van der Waals surface area contributed by atoms with Crippen molar-refractivity contribution in [3.05, 3.63) is 82.5 Å². The lowest BCUT2D eigenvalue weighted by molar-refractivity contribution is -0.257. The monoisotopic (exact) mass is 456 g/mol. The Hall–Kier alpha value is -2.16. The zero-order valence-corrected chi connectivity index (χ0v) is 19.0. The molecule has 0 spiro atoms. The van der Waals surface area contributed by atoms with E-state index in [0.29, 0.717) is 23.9 Å². The van der Waals surface area contributed by atoms with Gasteiger partial charge < -0.3 is 24.1 Å². The Balaban J connectivity index is 1.48. The summed E-state index contributed by atoms with van der Waals surface area (Å²) in [6.45, 7) is 4.24. The third-order valence-corrected chi connectivity index (χ3v) is 7.07. The lowest BCUT2D eigenvalue weighted by Gasteiger charge is -2.46. The quantitative estimate of drug-likeness (QED) is 0.647. The molecule has 0 saturated carbocycles. The molecule has 2 heterocycles. The average molecular weight is 457 g/mol. The van der Waals surface area contributed by atoms with E-state index >= 15 is 0 Å². The molecule has 5 atom stereocenters. The Morgan fingerprint density at radius 1 is 1.03 bits per heavy atom. The summed E-state index contributed by atoms with van der Waals surface area (Å²) < 4.78 is 24.1. The maximum absolute atomic E-state index is 12.0. The number of carbonyl (C=O) groups is 1. The van der Waals surface area contributed by atoms with E-state index in [1.807, 2.05) is 60.7 Å². The highest BCUT2D eigenvalue weighted by atomic mass is 32.2. The summed E-state index contributed by atoms with van der Waals surface area (Å²) in [5.41, 5.74) is 2.05. The minimum Gasteiger partial charge on any atom is -0.467 e. The molecule has 2 aliphatic rings. The van der Waals surface area contributed by atoms with Crippen molar-refractivity contribution in [2.24, 2.45) is 0 Å². The summed E-state index contributed by atoms with van der Waals surface area (Å²) in [7, 11) is 0. The van der Waals surface area contributed by atoms with Crippen molar-refractivity contribution < 1.29 is 28.8 Å². The average Bonchev–Trinajstić information content (AvgIpc) is 2.79. The van der Waals surface area contributed by atoms with Gasteiger partial charge in [-0.3, -0.25) is 4.79 Å². The van der Waals surface area contributed by atoms with Gasteiger partial charge in [0, 0.05) is 0 Å². The van der Waals surface area contributed by atoms with Crippen LogP contribution < -0.4 is 0 Å². The van der Waals surface area contributed by atoms with Crippen molar-refractivity contribution in [3.63, 3.8) is 0 Å². The molecule has 0 unspecified atom stereocenters. The molecule has 0 bridgehead atoms. The highest BCUT2D eigenvalue weighted by molar-refractivity contribution is 8.04. The number of hydrogen-bond donors (Lipinski definition) is 1. The van der Waals surface area contributed by atoms with Crippen molar-refractivity contribution in [1.29, 1.82) is 0 Å². The van der Waals surface area contributed by atoms with Crippen LogP contribution >= 0.6 is 11.8 Å². The van der Waals surface area contributed by atoms with E-state index in [1.165, 1.54) is 18.7 Å². The summed E-state index contributed by atoms with van der Waals surface area (Å²) in [6.07, 6.45) is -2.73. The molecule has 0 aromatic heterocycles. The third-order valence-electron chi connectivity index (χ3n) is 5.48. The van der Waals surface area contributed by atoms with E-state index in [-0.39, 0.29) is 12.4 Å². The molecule has 7 heteroatoms. The highest BCUT2D eigenvalue weighted by Crippen LogP contribution is 2.42. The van der Waals surface area contributed by atoms with E-state index in [4.69, 9.17) is 18.9 Å². The SMILES string of the molecule is CC(=O)C1=C(C)O[C@@H]2O[C@H](COCc3ccccc3)[C@@H](OCc3ccccc3)[C@H](O)[C@@H]2S1. The molecule has 170 valence electrons. The summed E-state index contributed by atoms with van der Waals surface area (Å²) in [5.74, 6) is 0.428. The Labute approximate surface area is 192 Å². The number of fused-ring (bicyclic) bond motifs is 1. The van der Waals surface area contributed by atoms with Crippen molar-refractivity contribution in [3.8, 4) is 0 Å². The summed E-state index contributed by atoms with van der Waals surface area (Å²) in [4.78, 5) is 12.5.